The average molecular weight is 327 g/mol. The highest BCUT2D eigenvalue weighted by Crippen LogP contribution is 2.26. The number of benzene rings is 1. The smallest absolute Gasteiger partial charge is 0.325 e. The Labute approximate surface area is 140 Å². The van der Waals surface area contributed by atoms with Gasteiger partial charge in [0, 0.05) is 5.56 Å². The predicted molar refractivity (Wildman–Crippen MR) is 88.9 cm³/mol. The normalized spacial score (nSPS) is 20.8. The summed E-state index contributed by atoms with van der Waals surface area (Å²) < 4.78 is 5.47. The summed E-state index contributed by atoms with van der Waals surface area (Å²) in [6.45, 7) is 5.92. The Balaban J connectivity index is 1.76. The Morgan fingerprint density at radius 3 is 2.62 bits per heavy atom. The van der Waals surface area contributed by atoms with Crippen molar-refractivity contribution in [2.75, 3.05) is 0 Å². The first kappa shape index (κ1) is 16.2. The molecule has 2 heterocycles. The highest BCUT2D eigenvalue weighted by Gasteiger charge is 2.47. The maximum atomic E-state index is 12.6. The molecular weight excluding hydrogens is 306 g/mol. The number of rotatable bonds is 5. The lowest BCUT2D eigenvalue weighted by molar-refractivity contribution is -0.131. The van der Waals surface area contributed by atoms with Crippen LogP contribution < -0.4 is 5.32 Å². The van der Waals surface area contributed by atoms with E-state index in [2.05, 4.69) is 10.3 Å². The number of oxazole rings is 1. The van der Waals surface area contributed by atoms with Crippen LogP contribution >= 0.6 is 0 Å². The van der Waals surface area contributed by atoms with E-state index < -0.39 is 5.54 Å². The molecular formula is C18H21N3O3. The molecule has 1 aliphatic heterocycles. The van der Waals surface area contributed by atoms with Crippen LogP contribution in [-0.2, 0) is 11.3 Å². The molecule has 6 heteroatoms. The predicted octanol–water partition coefficient (Wildman–Crippen LogP) is 3.20. The molecule has 1 unspecified atom stereocenters. The first-order chi connectivity index (χ1) is 11.4. The highest BCUT2D eigenvalue weighted by molar-refractivity contribution is 6.06. The van der Waals surface area contributed by atoms with Crippen molar-refractivity contribution in [1.82, 2.24) is 15.2 Å². The molecule has 1 aliphatic rings. The number of urea groups is 1. The third-order valence-corrected chi connectivity index (χ3v) is 4.05. The van der Waals surface area contributed by atoms with Crippen LogP contribution in [0.5, 0.6) is 0 Å². The van der Waals surface area contributed by atoms with Crippen molar-refractivity contribution in [3.63, 3.8) is 0 Å². The summed E-state index contributed by atoms with van der Waals surface area (Å²) in [6, 6.07) is 9.11. The molecule has 1 aromatic carbocycles. The van der Waals surface area contributed by atoms with E-state index in [9.17, 15) is 9.59 Å². The molecule has 2 aromatic rings. The van der Waals surface area contributed by atoms with E-state index in [0.717, 1.165) is 5.56 Å². The van der Waals surface area contributed by atoms with Crippen molar-refractivity contribution in [1.29, 1.82) is 0 Å². The van der Waals surface area contributed by atoms with Crippen LogP contribution in [0.4, 0.5) is 4.79 Å². The molecule has 6 nitrogen and oxygen atoms in total. The van der Waals surface area contributed by atoms with Crippen LogP contribution in [0.15, 0.2) is 41.0 Å². The molecule has 1 aromatic heterocycles. The molecule has 126 valence electrons. The van der Waals surface area contributed by atoms with Crippen LogP contribution in [0.2, 0.25) is 0 Å². The van der Waals surface area contributed by atoms with E-state index in [-0.39, 0.29) is 18.5 Å². The van der Waals surface area contributed by atoms with E-state index in [1.807, 2.05) is 44.2 Å². The van der Waals surface area contributed by atoms with Crippen molar-refractivity contribution < 1.29 is 14.0 Å². The van der Waals surface area contributed by atoms with Gasteiger partial charge < -0.3 is 9.73 Å². The Morgan fingerprint density at radius 1 is 1.25 bits per heavy atom. The van der Waals surface area contributed by atoms with Crippen LogP contribution in [0.3, 0.4) is 0 Å². The highest BCUT2D eigenvalue weighted by atomic mass is 16.3. The number of nitrogens with zero attached hydrogens (tertiary/aromatic N) is 2. The van der Waals surface area contributed by atoms with Crippen LogP contribution in [0.1, 0.15) is 32.9 Å². The first-order valence-corrected chi connectivity index (χ1v) is 8.03. The number of imide groups is 1. The number of amides is 3. The summed E-state index contributed by atoms with van der Waals surface area (Å²) in [5, 5.41) is 2.80. The van der Waals surface area contributed by atoms with Crippen molar-refractivity contribution in [2.45, 2.75) is 39.3 Å². The minimum absolute atomic E-state index is 0.106. The third-order valence-electron chi connectivity index (χ3n) is 4.05. The SMILES string of the molecule is CC(C)CC1(C)NC(=O)N(Cc2coc(-c3ccccc3)n2)C1=O. The van der Waals surface area contributed by atoms with Crippen molar-refractivity contribution in [3.05, 3.63) is 42.3 Å². The molecule has 1 atom stereocenters. The van der Waals surface area contributed by atoms with Gasteiger partial charge in [-0.25, -0.2) is 9.78 Å². The fourth-order valence-corrected chi connectivity index (χ4v) is 3.10. The van der Waals surface area contributed by atoms with Gasteiger partial charge in [-0.3, -0.25) is 9.69 Å². The molecule has 0 aliphatic carbocycles. The van der Waals surface area contributed by atoms with Gasteiger partial charge in [-0.1, -0.05) is 32.0 Å². The van der Waals surface area contributed by atoms with Crippen LogP contribution in [0.25, 0.3) is 11.5 Å². The summed E-state index contributed by atoms with van der Waals surface area (Å²) in [5.41, 5.74) is 0.550. The summed E-state index contributed by atoms with van der Waals surface area (Å²) in [6.07, 6.45) is 2.09. The second-order valence-electron chi connectivity index (χ2n) is 6.76. The molecule has 3 amide bonds. The Hall–Kier alpha value is -2.63. The molecule has 3 rings (SSSR count). The fourth-order valence-electron chi connectivity index (χ4n) is 3.10. The number of hydrogen-bond donors (Lipinski definition) is 1. The van der Waals surface area contributed by atoms with Gasteiger partial charge in [0.25, 0.3) is 5.91 Å². The lowest BCUT2D eigenvalue weighted by Crippen LogP contribution is -2.44. The zero-order valence-corrected chi connectivity index (χ0v) is 14.1. The van der Waals surface area contributed by atoms with Crippen LogP contribution in [-0.4, -0.2) is 27.4 Å². The standard InChI is InChI=1S/C18H21N3O3/c1-12(2)9-18(3)16(22)21(17(23)20-18)10-14-11-24-15(19-14)13-7-5-4-6-8-13/h4-8,11-12H,9-10H2,1-3H3,(H,20,23). The van der Waals surface area contributed by atoms with Crippen molar-refractivity contribution in [3.8, 4) is 11.5 Å². The van der Waals surface area contributed by atoms with E-state index in [1.54, 1.807) is 6.92 Å². The maximum absolute atomic E-state index is 12.6. The number of hydrogen-bond acceptors (Lipinski definition) is 4. The average Bonchev–Trinajstić information content (AvgIpc) is 3.07. The fraction of sp³-hybridized carbons (Fsp3) is 0.389. The zero-order valence-electron chi connectivity index (χ0n) is 14.1. The second-order valence-corrected chi connectivity index (χ2v) is 6.76. The van der Waals surface area contributed by atoms with Crippen LogP contribution in [0, 0.1) is 5.92 Å². The molecule has 0 radical (unpaired) electrons. The van der Waals surface area contributed by atoms with E-state index in [1.165, 1.54) is 11.2 Å². The minimum Gasteiger partial charge on any atom is -0.444 e. The molecule has 1 saturated heterocycles. The summed E-state index contributed by atoms with van der Waals surface area (Å²) in [7, 11) is 0. The topological polar surface area (TPSA) is 75.4 Å². The van der Waals surface area contributed by atoms with E-state index in [0.29, 0.717) is 23.9 Å². The number of carbonyl (C=O) groups excluding carboxylic acids is 2. The van der Waals surface area contributed by atoms with Gasteiger partial charge in [-0.05, 0) is 31.4 Å². The van der Waals surface area contributed by atoms with Gasteiger partial charge in [-0.2, -0.15) is 0 Å². The molecule has 0 spiro atoms. The van der Waals surface area contributed by atoms with Gasteiger partial charge in [0.05, 0.1) is 12.2 Å². The van der Waals surface area contributed by atoms with Gasteiger partial charge in [0.2, 0.25) is 5.89 Å². The van der Waals surface area contributed by atoms with E-state index >= 15 is 0 Å². The van der Waals surface area contributed by atoms with Gasteiger partial charge in [0.1, 0.15) is 11.8 Å². The quantitative estimate of drug-likeness (QED) is 0.856. The summed E-state index contributed by atoms with van der Waals surface area (Å²) >= 11 is 0. The molecule has 1 fully saturated rings. The zero-order chi connectivity index (χ0) is 17.3. The number of nitrogens with one attached hydrogen (secondary N) is 1. The minimum atomic E-state index is -0.850. The van der Waals surface area contributed by atoms with E-state index in [4.69, 9.17) is 4.42 Å². The Bertz CT molecular complexity index is 754. The first-order valence-electron chi connectivity index (χ1n) is 8.03. The van der Waals surface area contributed by atoms with Gasteiger partial charge in [0.15, 0.2) is 0 Å². The molecule has 24 heavy (non-hydrogen) atoms. The summed E-state index contributed by atoms with van der Waals surface area (Å²) in [5.74, 6) is 0.559. The molecule has 0 saturated carbocycles. The largest absolute Gasteiger partial charge is 0.444 e. The van der Waals surface area contributed by atoms with Crippen molar-refractivity contribution >= 4 is 11.9 Å². The Kier molecular flexibility index (Phi) is 4.13. The lowest BCUT2D eigenvalue weighted by atomic mass is 9.91. The maximum Gasteiger partial charge on any atom is 0.325 e. The third kappa shape index (κ3) is 3.04. The number of aromatic nitrogens is 1. The summed E-state index contributed by atoms with van der Waals surface area (Å²) in [4.78, 5) is 30.4. The lowest BCUT2D eigenvalue weighted by Gasteiger charge is -2.23. The second kappa shape index (κ2) is 6.11. The number of carbonyl (C=O) groups is 2. The molecule has 1 N–H and O–H groups in total. The van der Waals surface area contributed by atoms with Crippen molar-refractivity contribution in [2.24, 2.45) is 5.92 Å². The monoisotopic (exact) mass is 327 g/mol. The van der Waals surface area contributed by atoms with Gasteiger partial charge in [-0.15, -0.1) is 0 Å². The molecule has 0 bridgehead atoms. The Morgan fingerprint density at radius 2 is 1.96 bits per heavy atom. The van der Waals surface area contributed by atoms with Gasteiger partial charge >= 0.3 is 6.03 Å².